The average molecular weight is 341 g/mol. The van der Waals surface area contributed by atoms with Gasteiger partial charge in [-0.15, -0.1) is 0 Å². The van der Waals surface area contributed by atoms with Crippen LogP contribution < -0.4 is 0 Å². The van der Waals surface area contributed by atoms with E-state index in [0.717, 1.165) is 0 Å². The molecule has 0 bridgehead atoms. The predicted octanol–water partition coefficient (Wildman–Crippen LogP) is 4.14. The van der Waals surface area contributed by atoms with Crippen LogP contribution in [0.1, 0.15) is 17.0 Å². The van der Waals surface area contributed by atoms with Gasteiger partial charge in [-0.25, -0.2) is 8.78 Å². The number of carboxylic acids is 1. The normalized spacial score (nSPS) is 12.2. The van der Waals surface area contributed by atoms with Gasteiger partial charge < -0.3 is 5.11 Å². The Morgan fingerprint density at radius 2 is 1.80 bits per heavy atom. The summed E-state index contributed by atoms with van der Waals surface area (Å²) in [6.07, 6.45) is 0.208. The highest BCUT2D eigenvalue weighted by atomic mass is 79.9. The molecule has 1 N–H and O–H groups in total. The summed E-state index contributed by atoms with van der Waals surface area (Å²) >= 11 is 3.07. The van der Waals surface area contributed by atoms with Crippen molar-refractivity contribution in [1.82, 2.24) is 0 Å². The van der Waals surface area contributed by atoms with Gasteiger partial charge in [-0.2, -0.15) is 0 Å². The lowest BCUT2D eigenvalue weighted by atomic mass is 9.92. The van der Waals surface area contributed by atoms with E-state index < -0.39 is 23.5 Å². The molecule has 0 aliphatic carbocycles. The first-order valence-electron chi connectivity index (χ1n) is 5.89. The molecule has 5 heteroatoms. The van der Waals surface area contributed by atoms with Gasteiger partial charge in [0, 0.05) is 0 Å². The first kappa shape index (κ1) is 14.7. The zero-order chi connectivity index (χ0) is 14.7. The standard InChI is InChI=1S/C15H11BrF2O2/c16-13-8-9(1-6-14(13)18)7-12(15(19)20)10-2-4-11(17)5-3-10/h1-6,8,12H,7H2,(H,19,20). The molecule has 0 aromatic heterocycles. The van der Waals surface area contributed by atoms with Crippen LogP contribution >= 0.6 is 15.9 Å². The topological polar surface area (TPSA) is 37.3 Å². The summed E-state index contributed by atoms with van der Waals surface area (Å²) in [6.45, 7) is 0. The molecular formula is C15H11BrF2O2. The molecule has 2 aromatic carbocycles. The van der Waals surface area contributed by atoms with Gasteiger partial charge in [-0.3, -0.25) is 4.79 Å². The van der Waals surface area contributed by atoms with Crippen molar-refractivity contribution in [1.29, 1.82) is 0 Å². The lowest BCUT2D eigenvalue weighted by Gasteiger charge is -2.13. The number of carbonyl (C=O) groups is 1. The molecule has 1 atom stereocenters. The molecule has 2 nitrogen and oxygen atoms in total. The number of halogens is 3. The Morgan fingerprint density at radius 1 is 1.15 bits per heavy atom. The fourth-order valence-electron chi connectivity index (χ4n) is 1.95. The Hall–Kier alpha value is -1.75. The van der Waals surface area contributed by atoms with E-state index in [1.54, 1.807) is 12.1 Å². The van der Waals surface area contributed by atoms with Crippen molar-refractivity contribution in [3.63, 3.8) is 0 Å². The van der Waals surface area contributed by atoms with Gasteiger partial charge in [-0.1, -0.05) is 18.2 Å². The summed E-state index contributed by atoms with van der Waals surface area (Å²) in [4.78, 5) is 11.4. The minimum absolute atomic E-state index is 0.208. The van der Waals surface area contributed by atoms with Crippen LogP contribution in [0.2, 0.25) is 0 Å². The second kappa shape index (κ2) is 6.13. The molecular weight excluding hydrogens is 330 g/mol. The zero-order valence-electron chi connectivity index (χ0n) is 10.3. The second-order valence-electron chi connectivity index (χ2n) is 4.39. The number of benzene rings is 2. The molecule has 1 unspecified atom stereocenters. The van der Waals surface area contributed by atoms with Crippen molar-refractivity contribution >= 4 is 21.9 Å². The van der Waals surface area contributed by atoms with E-state index in [-0.39, 0.29) is 6.42 Å². The Bertz CT molecular complexity index is 626. The maximum absolute atomic E-state index is 13.2. The highest BCUT2D eigenvalue weighted by molar-refractivity contribution is 9.10. The van der Waals surface area contributed by atoms with Crippen molar-refractivity contribution in [2.24, 2.45) is 0 Å². The van der Waals surface area contributed by atoms with Gasteiger partial charge >= 0.3 is 5.97 Å². The van der Waals surface area contributed by atoms with Crippen LogP contribution in [0.3, 0.4) is 0 Å². The maximum atomic E-state index is 13.2. The minimum atomic E-state index is -1.00. The smallest absolute Gasteiger partial charge is 0.311 e. The van der Waals surface area contributed by atoms with Gasteiger partial charge in [0.15, 0.2) is 0 Å². The first-order chi connectivity index (χ1) is 9.47. The number of carboxylic acid groups (broad SMARTS) is 1. The monoisotopic (exact) mass is 340 g/mol. The van der Waals surface area contributed by atoms with E-state index in [4.69, 9.17) is 0 Å². The number of rotatable bonds is 4. The van der Waals surface area contributed by atoms with E-state index in [1.165, 1.54) is 30.3 Å². The lowest BCUT2D eigenvalue weighted by molar-refractivity contribution is -0.138. The number of hydrogen-bond acceptors (Lipinski definition) is 1. The molecule has 2 aromatic rings. The van der Waals surface area contributed by atoms with E-state index in [1.807, 2.05) is 0 Å². The molecule has 104 valence electrons. The summed E-state index contributed by atoms with van der Waals surface area (Å²) < 4.78 is 26.3. The van der Waals surface area contributed by atoms with Crippen molar-refractivity contribution < 1.29 is 18.7 Å². The van der Waals surface area contributed by atoms with E-state index in [0.29, 0.717) is 15.6 Å². The number of hydrogen-bond donors (Lipinski definition) is 1. The summed E-state index contributed by atoms with van der Waals surface area (Å²) in [5.74, 6) is -2.62. The highest BCUT2D eigenvalue weighted by Gasteiger charge is 2.20. The molecule has 0 amide bonds. The Labute approximate surface area is 123 Å². The summed E-state index contributed by atoms with van der Waals surface area (Å²) in [5.41, 5.74) is 1.20. The minimum Gasteiger partial charge on any atom is -0.481 e. The van der Waals surface area contributed by atoms with Crippen molar-refractivity contribution in [2.45, 2.75) is 12.3 Å². The van der Waals surface area contributed by atoms with Gasteiger partial charge in [0.05, 0.1) is 10.4 Å². The Balaban J connectivity index is 2.27. The van der Waals surface area contributed by atoms with Crippen LogP contribution in [0.4, 0.5) is 8.78 Å². The largest absolute Gasteiger partial charge is 0.481 e. The summed E-state index contributed by atoms with van der Waals surface area (Å²) in [7, 11) is 0. The molecule has 0 radical (unpaired) electrons. The molecule has 0 saturated heterocycles. The fourth-order valence-corrected chi connectivity index (χ4v) is 2.37. The van der Waals surface area contributed by atoms with Gasteiger partial charge in [0.1, 0.15) is 11.6 Å². The van der Waals surface area contributed by atoms with Gasteiger partial charge in [0.25, 0.3) is 0 Å². The van der Waals surface area contributed by atoms with Crippen LogP contribution in [0, 0.1) is 11.6 Å². The molecule has 0 aliphatic heterocycles. The van der Waals surface area contributed by atoms with Gasteiger partial charge in [-0.05, 0) is 57.7 Å². The molecule has 0 saturated carbocycles. The third-order valence-electron chi connectivity index (χ3n) is 2.99. The second-order valence-corrected chi connectivity index (χ2v) is 5.25. The number of aliphatic carboxylic acids is 1. The van der Waals surface area contributed by atoms with Crippen LogP contribution in [-0.4, -0.2) is 11.1 Å². The van der Waals surface area contributed by atoms with Crippen LogP contribution in [0.5, 0.6) is 0 Å². The third kappa shape index (κ3) is 3.42. The Kier molecular flexibility index (Phi) is 4.49. The molecule has 0 aliphatic rings. The average Bonchev–Trinajstić information content (AvgIpc) is 2.41. The molecule has 2 rings (SSSR count). The van der Waals surface area contributed by atoms with E-state index in [9.17, 15) is 18.7 Å². The lowest BCUT2D eigenvalue weighted by Crippen LogP contribution is -2.14. The van der Waals surface area contributed by atoms with Crippen LogP contribution in [-0.2, 0) is 11.2 Å². The van der Waals surface area contributed by atoms with E-state index in [2.05, 4.69) is 15.9 Å². The quantitative estimate of drug-likeness (QED) is 0.908. The highest BCUT2D eigenvalue weighted by Crippen LogP contribution is 2.24. The fraction of sp³-hybridized carbons (Fsp3) is 0.133. The van der Waals surface area contributed by atoms with E-state index >= 15 is 0 Å². The van der Waals surface area contributed by atoms with Crippen molar-refractivity contribution in [2.75, 3.05) is 0 Å². The summed E-state index contributed by atoms with van der Waals surface area (Å²) in [6, 6.07) is 9.73. The molecule has 0 heterocycles. The SMILES string of the molecule is O=C(O)C(Cc1ccc(F)c(Br)c1)c1ccc(F)cc1. The molecule has 0 spiro atoms. The maximum Gasteiger partial charge on any atom is 0.311 e. The van der Waals surface area contributed by atoms with Crippen LogP contribution in [0.15, 0.2) is 46.9 Å². The first-order valence-corrected chi connectivity index (χ1v) is 6.69. The Morgan fingerprint density at radius 3 is 2.35 bits per heavy atom. The van der Waals surface area contributed by atoms with Crippen LogP contribution in [0.25, 0.3) is 0 Å². The van der Waals surface area contributed by atoms with Gasteiger partial charge in [0.2, 0.25) is 0 Å². The third-order valence-corrected chi connectivity index (χ3v) is 3.60. The molecule has 0 fully saturated rings. The zero-order valence-corrected chi connectivity index (χ0v) is 11.9. The molecule has 20 heavy (non-hydrogen) atoms. The predicted molar refractivity (Wildman–Crippen MR) is 74.6 cm³/mol. The van der Waals surface area contributed by atoms with Crippen molar-refractivity contribution in [3.8, 4) is 0 Å². The summed E-state index contributed by atoms with van der Waals surface area (Å²) in [5, 5.41) is 9.30. The van der Waals surface area contributed by atoms with Crippen molar-refractivity contribution in [3.05, 3.63) is 69.7 Å².